The second-order valence-electron chi connectivity index (χ2n) is 3.46. The maximum Gasteiger partial charge on any atom is 0.202 e. The minimum atomic E-state index is 0.755. The molecule has 0 spiro atoms. The van der Waals surface area contributed by atoms with Crippen LogP contribution in [-0.2, 0) is 13.6 Å². The van der Waals surface area contributed by atoms with Crippen molar-refractivity contribution in [2.75, 3.05) is 11.1 Å². The van der Waals surface area contributed by atoms with Gasteiger partial charge in [0.15, 0.2) is 0 Å². The van der Waals surface area contributed by atoms with Gasteiger partial charge in [0.25, 0.3) is 0 Å². The predicted octanol–water partition coefficient (Wildman–Crippen LogP) is 1.61. The Hall–Kier alpha value is -1.97. The van der Waals surface area contributed by atoms with Gasteiger partial charge >= 0.3 is 0 Å². The Morgan fingerprint density at radius 3 is 2.67 bits per heavy atom. The van der Waals surface area contributed by atoms with Crippen LogP contribution in [0, 0.1) is 0 Å². The van der Waals surface area contributed by atoms with Crippen LogP contribution in [-0.4, -0.2) is 9.55 Å². The van der Waals surface area contributed by atoms with E-state index >= 15 is 0 Å². The topological polar surface area (TPSA) is 55.9 Å². The third kappa shape index (κ3) is 2.28. The summed E-state index contributed by atoms with van der Waals surface area (Å²) >= 11 is 0. The molecular weight excluding hydrogens is 188 g/mol. The molecule has 2 aromatic rings. The van der Waals surface area contributed by atoms with E-state index < -0.39 is 0 Å². The van der Waals surface area contributed by atoms with Crippen LogP contribution in [0.15, 0.2) is 36.7 Å². The lowest BCUT2D eigenvalue weighted by Gasteiger charge is -2.06. The molecule has 0 fully saturated rings. The largest absolute Gasteiger partial charge is 0.399 e. The number of aryl methyl sites for hydroxylation is 1. The fraction of sp³-hybridized carbons (Fsp3) is 0.182. The number of imidazole rings is 1. The first kappa shape index (κ1) is 9.58. The number of hydrogen-bond acceptors (Lipinski definition) is 3. The number of benzene rings is 1. The molecule has 0 unspecified atom stereocenters. The van der Waals surface area contributed by atoms with Gasteiger partial charge in [-0.2, -0.15) is 0 Å². The zero-order chi connectivity index (χ0) is 10.7. The van der Waals surface area contributed by atoms with Gasteiger partial charge in [-0.05, 0) is 17.7 Å². The molecule has 0 amide bonds. The van der Waals surface area contributed by atoms with Crippen LogP contribution in [0.3, 0.4) is 0 Å². The van der Waals surface area contributed by atoms with E-state index in [1.807, 2.05) is 42.1 Å². The summed E-state index contributed by atoms with van der Waals surface area (Å²) in [4.78, 5) is 4.18. The van der Waals surface area contributed by atoms with E-state index in [1.54, 1.807) is 6.20 Å². The molecule has 0 atom stereocenters. The third-order valence-electron chi connectivity index (χ3n) is 2.25. The lowest BCUT2D eigenvalue weighted by atomic mass is 10.2. The van der Waals surface area contributed by atoms with Crippen LogP contribution >= 0.6 is 0 Å². The summed E-state index contributed by atoms with van der Waals surface area (Å²) in [5.41, 5.74) is 7.58. The van der Waals surface area contributed by atoms with Crippen LogP contribution in [0.5, 0.6) is 0 Å². The number of anilines is 2. The van der Waals surface area contributed by atoms with E-state index in [2.05, 4.69) is 10.3 Å². The number of nitrogen functional groups attached to an aromatic ring is 1. The van der Waals surface area contributed by atoms with Crippen LogP contribution < -0.4 is 11.1 Å². The van der Waals surface area contributed by atoms with E-state index in [4.69, 9.17) is 5.73 Å². The first-order chi connectivity index (χ1) is 7.25. The molecule has 0 saturated carbocycles. The highest BCUT2D eigenvalue weighted by Crippen LogP contribution is 2.08. The Labute approximate surface area is 88.7 Å². The van der Waals surface area contributed by atoms with Gasteiger partial charge in [0.2, 0.25) is 5.95 Å². The lowest BCUT2D eigenvalue weighted by molar-refractivity contribution is 0.900. The van der Waals surface area contributed by atoms with Crippen molar-refractivity contribution in [3.05, 3.63) is 42.2 Å². The van der Waals surface area contributed by atoms with Crippen molar-refractivity contribution in [3.63, 3.8) is 0 Å². The van der Waals surface area contributed by atoms with Gasteiger partial charge in [-0.25, -0.2) is 4.98 Å². The number of nitrogens with two attached hydrogens (primary N) is 1. The molecule has 3 N–H and O–H groups in total. The van der Waals surface area contributed by atoms with Crippen molar-refractivity contribution < 1.29 is 0 Å². The molecule has 2 rings (SSSR count). The number of aromatic nitrogens is 2. The molecule has 0 aliphatic rings. The van der Waals surface area contributed by atoms with Gasteiger partial charge < -0.3 is 15.6 Å². The molecule has 0 aliphatic carbocycles. The second-order valence-corrected chi connectivity index (χ2v) is 3.46. The zero-order valence-electron chi connectivity index (χ0n) is 8.64. The number of rotatable bonds is 3. The monoisotopic (exact) mass is 202 g/mol. The lowest BCUT2D eigenvalue weighted by Crippen LogP contribution is -2.04. The van der Waals surface area contributed by atoms with Gasteiger partial charge in [0.05, 0.1) is 0 Å². The van der Waals surface area contributed by atoms with E-state index in [-0.39, 0.29) is 0 Å². The summed E-state index contributed by atoms with van der Waals surface area (Å²) in [6.07, 6.45) is 3.68. The van der Waals surface area contributed by atoms with E-state index in [0.29, 0.717) is 0 Å². The molecule has 4 nitrogen and oxygen atoms in total. The predicted molar refractivity (Wildman–Crippen MR) is 61.4 cm³/mol. The summed E-state index contributed by atoms with van der Waals surface area (Å²) in [6.45, 7) is 0.755. The Bertz CT molecular complexity index is 430. The first-order valence-electron chi connectivity index (χ1n) is 4.81. The van der Waals surface area contributed by atoms with Crippen LogP contribution in [0.4, 0.5) is 11.6 Å². The molecule has 4 heteroatoms. The van der Waals surface area contributed by atoms with Gasteiger partial charge in [0.1, 0.15) is 0 Å². The Morgan fingerprint density at radius 1 is 1.33 bits per heavy atom. The third-order valence-corrected chi connectivity index (χ3v) is 2.25. The Kier molecular flexibility index (Phi) is 2.58. The first-order valence-corrected chi connectivity index (χ1v) is 4.81. The number of hydrogen-bond donors (Lipinski definition) is 2. The summed E-state index contributed by atoms with van der Waals surface area (Å²) in [6, 6.07) is 7.81. The smallest absolute Gasteiger partial charge is 0.202 e. The Balaban J connectivity index is 1.99. The highest BCUT2D eigenvalue weighted by molar-refractivity contribution is 5.40. The van der Waals surface area contributed by atoms with Crippen LogP contribution in [0.1, 0.15) is 5.56 Å². The molecule has 0 saturated heterocycles. The number of nitrogens with zero attached hydrogens (tertiary/aromatic N) is 2. The van der Waals surface area contributed by atoms with Crippen LogP contribution in [0.2, 0.25) is 0 Å². The summed E-state index contributed by atoms with van der Waals surface area (Å²) in [5.74, 6) is 0.867. The maximum absolute atomic E-state index is 5.60. The highest BCUT2D eigenvalue weighted by Gasteiger charge is 1.97. The molecule has 78 valence electrons. The maximum atomic E-state index is 5.60. The minimum Gasteiger partial charge on any atom is -0.399 e. The minimum absolute atomic E-state index is 0.755. The summed E-state index contributed by atoms with van der Waals surface area (Å²) < 4.78 is 1.94. The van der Waals surface area contributed by atoms with E-state index in [9.17, 15) is 0 Å². The van der Waals surface area contributed by atoms with Crippen molar-refractivity contribution in [1.29, 1.82) is 0 Å². The molecule has 1 heterocycles. The van der Waals surface area contributed by atoms with Crippen molar-refractivity contribution in [2.24, 2.45) is 7.05 Å². The molecule has 0 bridgehead atoms. The van der Waals surface area contributed by atoms with Crippen molar-refractivity contribution in [1.82, 2.24) is 9.55 Å². The fourth-order valence-corrected chi connectivity index (χ4v) is 1.35. The van der Waals surface area contributed by atoms with Gasteiger partial charge in [-0.1, -0.05) is 12.1 Å². The quantitative estimate of drug-likeness (QED) is 0.743. The SMILES string of the molecule is Cn1ccnc1NCc1ccc(N)cc1. The average molecular weight is 202 g/mol. The molecule has 15 heavy (non-hydrogen) atoms. The van der Waals surface area contributed by atoms with Gasteiger partial charge in [-0.15, -0.1) is 0 Å². The van der Waals surface area contributed by atoms with Gasteiger partial charge in [-0.3, -0.25) is 0 Å². The summed E-state index contributed by atoms with van der Waals surface area (Å²) in [5, 5.41) is 3.24. The molecule has 0 aliphatic heterocycles. The highest BCUT2D eigenvalue weighted by atomic mass is 15.2. The van der Waals surface area contributed by atoms with Gasteiger partial charge in [0, 0.05) is 31.7 Å². The van der Waals surface area contributed by atoms with Crippen molar-refractivity contribution in [2.45, 2.75) is 6.54 Å². The normalized spacial score (nSPS) is 10.2. The van der Waals surface area contributed by atoms with Crippen molar-refractivity contribution >= 4 is 11.6 Å². The zero-order valence-corrected chi connectivity index (χ0v) is 8.64. The summed E-state index contributed by atoms with van der Waals surface area (Å²) in [7, 11) is 1.96. The second kappa shape index (κ2) is 4.04. The number of nitrogens with one attached hydrogen (secondary N) is 1. The molecular formula is C11H14N4. The van der Waals surface area contributed by atoms with E-state index in [1.165, 1.54) is 5.56 Å². The van der Waals surface area contributed by atoms with E-state index in [0.717, 1.165) is 18.2 Å². The molecule has 1 aromatic heterocycles. The molecule has 1 aromatic carbocycles. The average Bonchev–Trinajstić information content (AvgIpc) is 2.63. The standard InChI is InChI=1S/C11H14N4/c1-15-7-6-13-11(15)14-8-9-2-4-10(12)5-3-9/h2-7H,8,12H2,1H3,(H,13,14). The van der Waals surface area contributed by atoms with Crippen LogP contribution in [0.25, 0.3) is 0 Å². The Morgan fingerprint density at radius 2 is 2.07 bits per heavy atom. The van der Waals surface area contributed by atoms with Crippen molar-refractivity contribution in [3.8, 4) is 0 Å². The fourth-order valence-electron chi connectivity index (χ4n) is 1.35. The molecule has 0 radical (unpaired) electrons.